The molecule has 5 heteroatoms. The van der Waals surface area contributed by atoms with Gasteiger partial charge in [-0.15, -0.1) is 0 Å². The lowest BCUT2D eigenvalue weighted by Gasteiger charge is -2.27. The Hall–Kier alpha value is -0.940. The molecule has 2 rings (SSSR count). The fourth-order valence-corrected chi connectivity index (χ4v) is 2.21. The van der Waals surface area contributed by atoms with Gasteiger partial charge in [-0.2, -0.15) is 0 Å². The molecule has 2 unspecified atom stereocenters. The predicted octanol–water partition coefficient (Wildman–Crippen LogP) is 1.02. The van der Waals surface area contributed by atoms with Gasteiger partial charge in [-0.1, -0.05) is 23.2 Å². The van der Waals surface area contributed by atoms with Crippen LogP contribution in [0.1, 0.15) is 37.1 Å². The highest BCUT2D eigenvalue weighted by atomic mass is 16.6. The van der Waals surface area contributed by atoms with Crippen LogP contribution in [0.5, 0.6) is 0 Å². The highest BCUT2D eigenvalue weighted by molar-refractivity contribution is 5.03. The number of aromatic nitrogens is 2. The van der Waals surface area contributed by atoms with Gasteiger partial charge < -0.3 is 10.4 Å². The third-order valence-corrected chi connectivity index (χ3v) is 3.31. The standard InChI is InChI=1S/C11H19N3O2/c1-8-10(14-16-13-8)7-12-6-9-4-2-3-5-11(9)15/h9,11-12,15H,2-7H2,1H3. The van der Waals surface area contributed by atoms with Crippen molar-refractivity contribution in [2.24, 2.45) is 5.92 Å². The molecule has 0 amide bonds. The van der Waals surface area contributed by atoms with E-state index in [1.165, 1.54) is 6.42 Å². The predicted molar refractivity (Wildman–Crippen MR) is 58.7 cm³/mol. The van der Waals surface area contributed by atoms with Gasteiger partial charge in [0.2, 0.25) is 0 Å². The number of rotatable bonds is 4. The first-order valence-corrected chi connectivity index (χ1v) is 5.94. The maximum absolute atomic E-state index is 9.79. The SMILES string of the molecule is Cc1nonc1CNCC1CCCCC1O. The van der Waals surface area contributed by atoms with E-state index in [1.807, 2.05) is 6.92 Å². The summed E-state index contributed by atoms with van der Waals surface area (Å²) in [5, 5.41) is 20.6. The molecule has 1 aliphatic carbocycles. The van der Waals surface area contributed by atoms with Gasteiger partial charge in [0.25, 0.3) is 0 Å². The van der Waals surface area contributed by atoms with E-state index in [0.29, 0.717) is 12.5 Å². The normalized spacial score (nSPS) is 25.9. The largest absolute Gasteiger partial charge is 0.393 e. The summed E-state index contributed by atoms with van der Waals surface area (Å²) in [5.41, 5.74) is 1.68. The fourth-order valence-electron chi connectivity index (χ4n) is 2.21. The average molecular weight is 225 g/mol. The van der Waals surface area contributed by atoms with Gasteiger partial charge in [0.15, 0.2) is 0 Å². The molecule has 1 aliphatic rings. The van der Waals surface area contributed by atoms with Crippen molar-refractivity contribution in [1.29, 1.82) is 0 Å². The number of hydrogen-bond donors (Lipinski definition) is 2. The molecular weight excluding hydrogens is 206 g/mol. The second kappa shape index (κ2) is 5.41. The van der Waals surface area contributed by atoms with Crippen LogP contribution in [-0.4, -0.2) is 28.1 Å². The van der Waals surface area contributed by atoms with Gasteiger partial charge in [0.1, 0.15) is 11.4 Å². The second-order valence-electron chi connectivity index (χ2n) is 4.54. The molecule has 1 fully saturated rings. The Morgan fingerprint density at radius 1 is 1.38 bits per heavy atom. The van der Waals surface area contributed by atoms with Crippen LogP contribution in [0.3, 0.4) is 0 Å². The quantitative estimate of drug-likeness (QED) is 0.800. The molecule has 2 N–H and O–H groups in total. The Labute approximate surface area is 95.2 Å². The minimum Gasteiger partial charge on any atom is -0.393 e. The van der Waals surface area contributed by atoms with Crippen molar-refractivity contribution in [3.63, 3.8) is 0 Å². The van der Waals surface area contributed by atoms with Gasteiger partial charge in [-0.25, -0.2) is 4.63 Å². The van der Waals surface area contributed by atoms with Crippen LogP contribution in [-0.2, 0) is 6.54 Å². The van der Waals surface area contributed by atoms with Crippen LogP contribution < -0.4 is 5.32 Å². The Balaban J connectivity index is 1.73. The summed E-state index contributed by atoms with van der Waals surface area (Å²) in [7, 11) is 0. The van der Waals surface area contributed by atoms with Crippen molar-refractivity contribution >= 4 is 0 Å². The Kier molecular flexibility index (Phi) is 3.90. The first-order valence-electron chi connectivity index (χ1n) is 5.94. The van der Waals surface area contributed by atoms with E-state index in [9.17, 15) is 5.11 Å². The van der Waals surface area contributed by atoms with E-state index in [2.05, 4.69) is 20.3 Å². The molecule has 5 nitrogen and oxygen atoms in total. The molecule has 1 heterocycles. The number of aliphatic hydroxyl groups excluding tert-OH is 1. The summed E-state index contributed by atoms with van der Waals surface area (Å²) in [5.74, 6) is 0.383. The van der Waals surface area contributed by atoms with E-state index in [-0.39, 0.29) is 6.10 Å². The van der Waals surface area contributed by atoms with Crippen LogP contribution in [0.2, 0.25) is 0 Å². The zero-order valence-corrected chi connectivity index (χ0v) is 9.65. The lowest BCUT2D eigenvalue weighted by atomic mass is 9.86. The summed E-state index contributed by atoms with van der Waals surface area (Å²) in [6.07, 6.45) is 4.30. The van der Waals surface area contributed by atoms with E-state index in [0.717, 1.165) is 37.2 Å². The molecule has 1 aromatic rings. The molecule has 0 aliphatic heterocycles. The second-order valence-corrected chi connectivity index (χ2v) is 4.54. The summed E-state index contributed by atoms with van der Waals surface area (Å²) >= 11 is 0. The fraction of sp³-hybridized carbons (Fsp3) is 0.818. The maximum Gasteiger partial charge on any atom is 0.121 e. The van der Waals surface area contributed by atoms with Crippen molar-refractivity contribution in [2.75, 3.05) is 6.54 Å². The van der Waals surface area contributed by atoms with Crippen molar-refractivity contribution in [3.05, 3.63) is 11.4 Å². The minimum atomic E-state index is -0.141. The van der Waals surface area contributed by atoms with Crippen molar-refractivity contribution in [2.45, 2.75) is 45.3 Å². The molecule has 0 aromatic carbocycles. The first-order chi connectivity index (χ1) is 7.77. The van der Waals surface area contributed by atoms with Gasteiger partial charge in [-0.3, -0.25) is 0 Å². The number of nitrogens with zero attached hydrogens (tertiary/aromatic N) is 2. The van der Waals surface area contributed by atoms with Gasteiger partial charge in [-0.05, 0) is 25.7 Å². The molecular formula is C11H19N3O2. The Morgan fingerprint density at radius 2 is 2.19 bits per heavy atom. The zero-order chi connectivity index (χ0) is 11.4. The van der Waals surface area contributed by atoms with Gasteiger partial charge >= 0.3 is 0 Å². The molecule has 2 atom stereocenters. The number of hydrogen-bond acceptors (Lipinski definition) is 5. The molecule has 0 radical (unpaired) electrons. The third kappa shape index (κ3) is 2.80. The molecule has 1 aromatic heterocycles. The molecule has 1 saturated carbocycles. The van der Waals surface area contributed by atoms with Crippen LogP contribution in [0.25, 0.3) is 0 Å². The summed E-state index contributed by atoms with van der Waals surface area (Å²) in [6.45, 7) is 3.38. The average Bonchev–Trinajstić information content (AvgIpc) is 2.67. The van der Waals surface area contributed by atoms with E-state index < -0.39 is 0 Å². The lowest BCUT2D eigenvalue weighted by molar-refractivity contribution is 0.0694. The molecule has 16 heavy (non-hydrogen) atoms. The van der Waals surface area contributed by atoms with Crippen molar-refractivity contribution in [1.82, 2.24) is 15.6 Å². The van der Waals surface area contributed by atoms with Gasteiger partial charge in [0, 0.05) is 13.1 Å². The Bertz CT molecular complexity index is 327. The number of aryl methyl sites for hydroxylation is 1. The van der Waals surface area contributed by atoms with Crippen molar-refractivity contribution < 1.29 is 9.74 Å². The molecule has 90 valence electrons. The monoisotopic (exact) mass is 225 g/mol. The van der Waals surface area contributed by atoms with E-state index in [1.54, 1.807) is 0 Å². The zero-order valence-electron chi connectivity index (χ0n) is 9.65. The maximum atomic E-state index is 9.79. The summed E-state index contributed by atoms with van der Waals surface area (Å²) in [4.78, 5) is 0. The number of nitrogens with one attached hydrogen (secondary N) is 1. The highest BCUT2D eigenvalue weighted by Gasteiger charge is 2.22. The topological polar surface area (TPSA) is 71.2 Å². The van der Waals surface area contributed by atoms with E-state index in [4.69, 9.17) is 0 Å². The number of aliphatic hydroxyl groups is 1. The van der Waals surface area contributed by atoms with Crippen LogP contribution >= 0.6 is 0 Å². The van der Waals surface area contributed by atoms with Crippen LogP contribution in [0.4, 0.5) is 0 Å². The highest BCUT2D eigenvalue weighted by Crippen LogP contribution is 2.23. The van der Waals surface area contributed by atoms with E-state index >= 15 is 0 Å². The third-order valence-electron chi connectivity index (χ3n) is 3.31. The summed E-state index contributed by atoms with van der Waals surface area (Å²) in [6, 6.07) is 0. The first kappa shape index (κ1) is 11.5. The minimum absolute atomic E-state index is 0.141. The molecule has 0 spiro atoms. The Morgan fingerprint density at radius 3 is 2.88 bits per heavy atom. The smallest absolute Gasteiger partial charge is 0.121 e. The van der Waals surface area contributed by atoms with Crippen LogP contribution in [0.15, 0.2) is 4.63 Å². The summed E-state index contributed by atoms with van der Waals surface area (Å²) < 4.78 is 4.62. The molecule has 0 bridgehead atoms. The van der Waals surface area contributed by atoms with Crippen LogP contribution in [0, 0.1) is 12.8 Å². The van der Waals surface area contributed by atoms with Gasteiger partial charge in [0.05, 0.1) is 6.10 Å². The molecule has 0 saturated heterocycles. The van der Waals surface area contributed by atoms with Crippen molar-refractivity contribution in [3.8, 4) is 0 Å². The lowest BCUT2D eigenvalue weighted by Crippen LogP contribution is -2.33.